The highest BCUT2D eigenvalue weighted by Crippen LogP contribution is 2.25. The second kappa shape index (κ2) is 10.0. The number of hydrogen-bond donors (Lipinski definition) is 1. The number of benzene rings is 3. The van der Waals surface area contributed by atoms with Crippen molar-refractivity contribution in [1.82, 2.24) is 0 Å². The number of sulfonamides is 1. The minimum absolute atomic E-state index is 0.0112. The van der Waals surface area contributed by atoms with Gasteiger partial charge in [0.1, 0.15) is 0 Å². The van der Waals surface area contributed by atoms with E-state index in [1.165, 1.54) is 4.31 Å². The van der Waals surface area contributed by atoms with Gasteiger partial charge in [-0.25, -0.2) is 8.42 Å². The van der Waals surface area contributed by atoms with Gasteiger partial charge < -0.3 is 5.32 Å². The average Bonchev–Trinajstić information content (AvgIpc) is 2.80. The first-order valence-electron chi connectivity index (χ1n) is 10.8. The van der Waals surface area contributed by atoms with Gasteiger partial charge in [0.05, 0.1) is 18.0 Å². The van der Waals surface area contributed by atoms with E-state index < -0.39 is 10.0 Å². The predicted molar refractivity (Wildman–Crippen MR) is 132 cm³/mol. The van der Waals surface area contributed by atoms with Crippen LogP contribution in [-0.4, -0.2) is 20.1 Å². The Hall–Kier alpha value is -3.12. The average molecular weight is 451 g/mol. The molecule has 0 aliphatic heterocycles. The van der Waals surface area contributed by atoms with Crippen LogP contribution in [0.3, 0.4) is 0 Å². The van der Waals surface area contributed by atoms with Gasteiger partial charge in [0, 0.05) is 11.3 Å². The fourth-order valence-electron chi connectivity index (χ4n) is 3.46. The zero-order valence-electron chi connectivity index (χ0n) is 19.1. The number of rotatable bonds is 8. The van der Waals surface area contributed by atoms with Crippen molar-refractivity contribution in [2.45, 2.75) is 40.7 Å². The highest BCUT2D eigenvalue weighted by atomic mass is 32.2. The van der Waals surface area contributed by atoms with Crippen LogP contribution in [-0.2, 0) is 23.0 Å². The zero-order valence-corrected chi connectivity index (χ0v) is 19.9. The first-order chi connectivity index (χ1) is 15.2. The maximum atomic E-state index is 12.8. The molecule has 0 saturated heterocycles. The van der Waals surface area contributed by atoms with Crippen molar-refractivity contribution in [2.24, 2.45) is 0 Å². The molecule has 0 spiro atoms. The highest BCUT2D eigenvalue weighted by molar-refractivity contribution is 7.92. The molecule has 32 heavy (non-hydrogen) atoms. The number of aryl methyl sites for hydroxylation is 3. The first kappa shape index (κ1) is 23.5. The molecule has 1 amide bonds. The Bertz CT molecular complexity index is 1200. The quantitative estimate of drug-likeness (QED) is 0.495. The molecule has 0 bridgehead atoms. The molecular weight excluding hydrogens is 420 g/mol. The Morgan fingerprint density at radius 2 is 1.59 bits per heavy atom. The lowest BCUT2D eigenvalue weighted by molar-refractivity contribution is 0.102. The first-order valence-corrected chi connectivity index (χ1v) is 12.4. The van der Waals surface area contributed by atoms with Crippen LogP contribution in [0.15, 0.2) is 66.7 Å². The van der Waals surface area contributed by atoms with Crippen molar-refractivity contribution in [3.05, 3.63) is 94.5 Å². The molecule has 3 aromatic rings. The van der Waals surface area contributed by atoms with Crippen LogP contribution in [0.25, 0.3) is 0 Å². The van der Waals surface area contributed by atoms with Gasteiger partial charge in [-0.15, -0.1) is 0 Å². The van der Waals surface area contributed by atoms with Crippen LogP contribution in [0.1, 0.15) is 46.5 Å². The van der Waals surface area contributed by atoms with Crippen LogP contribution in [0.5, 0.6) is 0 Å². The van der Waals surface area contributed by atoms with Crippen LogP contribution in [0.2, 0.25) is 0 Å². The number of hydrogen-bond acceptors (Lipinski definition) is 3. The van der Waals surface area contributed by atoms with Crippen molar-refractivity contribution < 1.29 is 13.2 Å². The van der Waals surface area contributed by atoms with Gasteiger partial charge in [0.15, 0.2) is 0 Å². The fourth-order valence-corrected chi connectivity index (χ4v) is 4.55. The molecule has 0 fully saturated rings. The number of nitrogens with one attached hydrogen (secondary N) is 1. The van der Waals surface area contributed by atoms with Gasteiger partial charge in [0.25, 0.3) is 5.91 Å². The molecule has 0 heterocycles. The molecule has 0 aliphatic carbocycles. The predicted octanol–water partition coefficient (Wildman–Crippen LogP) is 5.47. The molecule has 1 N–H and O–H groups in total. The van der Waals surface area contributed by atoms with Gasteiger partial charge in [-0.05, 0) is 79.8 Å². The molecule has 0 atom stereocenters. The van der Waals surface area contributed by atoms with E-state index in [4.69, 9.17) is 0 Å². The zero-order chi connectivity index (χ0) is 23.3. The number of carbonyl (C=O) groups excluding carboxylic acids is 1. The molecule has 3 aromatic carbocycles. The lowest BCUT2D eigenvalue weighted by Crippen LogP contribution is -2.32. The van der Waals surface area contributed by atoms with E-state index in [1.807, 2.05) is 63.2 Å². The molecule has 0 unspecified atom stereocenters. The minimum atomic E-state index is -3.46. The summed E-state index contributed by atoms with van der Waals surface area (Å²) in [7, 11) is -3.46. The summed E-state index contributed by atoms with van der Waals surface area (Å²) in [6.45, 7) is 7.87. The van der Waals surface area contributed by atoms with E-state index in [2.05, 4.69) is 5.32 Å². The summed E-state index contributed by atoms with van der Waals surface area (Å²) in [4.78, 5) is 12.7. The molecule has 3 rings (SSSR count). The summed E-state index contributed by atoms with van der Waals surface area (Å²) in [6, 6.07) is 20.5. The van der Waals surface area contributed by atoms with Gasteiger partial charge in [-0.2, -0.15) is 0 Å². The maximum absolute atomic E-state index is 12.8. The van der Waals surface area contributed by atoms with Gasteiger partial charge in [-0.3, -0.25) is 9.10 Å². The van der Waals surface area contributed by atoms with Crippen molar-refractivity contribution in [3.63, 3.8) is 0 Å². The molecule has 0 aliphatic rings. The maximum Gasteiger partial charge on any atom is 0.255 e. The molecular formula is C26H30N2O3S. The van der Waals surface area contributed by atoms with Crippen LogP contribution in [0.4, 0.5) is 11.4 Å². The summed E-state index contributed by atoms with van der Waals surface area (Å²) in [6.07, 6.45) is 0.829. The van der Waals surface area contributed by atoms with E-state index >= 15 is 0 Å². The third-order valence-electron chi connectivity index (χ3n) is 5.67. The molecule has 0 aromatic heterocycles. The third kappa shape index (κ3) is 5.37. The molecule has 0 saturated carbocycles. The van der Waals surface area contributed by atoms with Crippen LogP contribution >= 0.6 is 0 Å². The van der Waals surface area contributed by atoms with Crippen LogP contribution in [0, 0.1) is 13.8 Å². The van der Waals surface area contributed by atoms with E-state index in [0.29, 0.717) is 11.3 Å². The Balaban J connectivity index is 1.81. The van der Waals surface area contributed by atoms with Crippen molar-refractivity contribution >= 4 is 27.3 Å². The minimum Gasteiger partial charge on any atom is -0.322 e. The smallest absolute Gasteiger partial charge is 0.255 e. The number of carbonyl (C=O) groups is 1. The van der Waals surface area contributed by atoms with Gasteiger partial charge in [-0.1, -0.05) is 43.3 Å². The SMILES string of the molecule is CCc1ccccc1NC(=O)c1ccc(CN(c2ccc(C)c(C)c2)S(=O)(=O)CC)cc1. The number of amides is 1. The Morgan fingerprint density at radius 1 is 0.906 bits per heavy atom. The summed E-state index contributed by atoms with van der Waals surface area (Å²) in [5.74, 6) is -0.179. The lowest BCUT2D eigenvalue weighted by atomic mass is 10.1. The van der Waals surface area contributed by atoms with Crippen molar-refractivity contribution in [3.8, 4) is 0 Å². The lowest BCUT2D eigenvalue weighted by Gasteiger charge is -2.25. The van der Waals surface area contributed by atoms with Crippen LogP contribution < -0.4 is 9.62 Å². The summed E-state index contributed by atoms with van der Waals surface area (Å²) < 4.78 is 27.0. The van der Waals surface area contributed by atoms with E-state index in [0.717, 1.165) is 34.4 Å². The second-order valence-electron chi connectivity index (χ2n) is 7.84. The number of anilines is 2. The monoisotopic (exact) mass is 450 g/mol. The van der Waals surface area contributed by atoms with Gasteiger partial charge in [0.2, 0.25) is 10.0 Å². The Morgan fingerprint density at radius 3 is 2.22 bits per heavy atom. The Labute approximate surface area is 191 Å². The molecule has 168 valence electrons. The largest absolute Gasteiger partial charge is 0.322 e. The second-order valence-corrected chi connectivity index (χ2v) is 10.0. The third-order valence-corrected chi connectivity index (χ3v) is 7.41. The van der Waals surface area contributed by atoms with Gasteiger partial charge >= 0.3 is 0 Å². The fraction of sp³-hybridized carbons (Fsp3) is 0.269. The summed E-state index contributed by atoms with van der Waals surface area (Å²) in [5.41, 5.74) is 6.01. The number of nitrogens with zero attached hydrogens (tertiary/aromatic N) is 1. The normalized spacial score (nSPS) is 11.2. The number of para-hydroxylation sites is 1. The summed E-state index contributed by atoms with van der Waals surface area (Å²) in [5, 5.41) is 2.96. The van der Waals surface area contributed by atoms with Crippen molar-refractivity contribution in [2.75, 3.05) is 15.4 Å². The Kier molecular flexibility index (Phi) is 7.36. The molecule has 5 nitrogen and oxygen atoms in total. The van der Waals surface area contributed by atoms with Crippen molar-refractivity contribution in [1.29, 1.82) is 0 Å². The molecule has 6 heteroatoms. The highest BCUT2D eigenvalue weighted by Gasteiger charge is 2.21. The summed E-state index contributed by atoms with van der Waals surface area (Å²) >= 11 is 0. The standard InChI is InChI=1S/C26H30N2O3S/c1-5-22-9-7-8-10-25(22)27-26(29)23-14-12-21(13-15-23)18-28(32(30,31)6-2)24-16-11-19(3)20(4)17-24/h7-17H,5-6,18H2,1-4H3,(H,27,29). The topological polar surface area (TPSA) is 66.5 Å². The molecule has 0 radical (unpaired) electrons. The van der Waals surface area contributed by atoms with E-state index in [1.54, 1.807) is 31.2 Å². The van der Waals surface area contributed by atoms with E-state index in [-0.39, 0.29) is 18.2 Å². The van der Waals surface area contributed by atoms with E-state index in [9.17, 15) is 13.2 Å².